The smallest absolute Gasteiger partial charge is 0.367 e. The van der Waals surface area contributed by atoms with Crippen LogP contribution in [0.2, 0.25) is 0 Å². The van der Waals surface area contributed by atoms with Crippen molar-refractivity contribution >= 4 is 6.02 Å². The maximum absolute atomic E-state index is 12.5. The van der Waals surface area contributed by atoms with Crippen molar-refractivity contribution in [3.8, 4) is 0 Å². The van der Waals surface area contributed by atoms with Crippen molar-refractivity contribution in [2.24, 2.45) is 16.5 Å². The summed E-state index contributed by atoms with van der Waals surface area (Å²) >= 11 is 0. The Balaban J connectivity index is 2.41. The molecule has 0 aliphatic carbocycles. The van der Waals surface area contributed by atoms with Crippen LogP contribution >= 0.6 is 0 Å². The van der Waals surface area contributed by atoms with Crippen LogP contribution in [0.1, 0.15) is 11.1 Å². The van der Waals surface area contributed by atoms with Gasteiger partial charge in [-0.05, 0) is 12.1 Å². The van der Waals surface area contributed by atoms with Crippen molar-refractivity contribution in [3.63, 3.8) is 0 Å². The number of nitrogens with two attached hydrogens (primary N) is 2. The van der Waals surface area contributed by atoms with E-state index < -0.39 is 17.5 Å². The lowest BCUT2D eigenvalue weighted by atomic mass is 10.1. The Morgan fingerprint density at radius 1 is 1.35 bits per heavy atom. The molecule has 92 valence electrons. The third kappa shape index (κ3) is 2.17. The minimum Gasteiger partial charge on any atom is -0.367 e. The van der Waals surface area contributed by atoms with Crippen LogP contribution in [0.3, 0.4) is 0 Å². The van der Waals surface area contributed by atoms with Crippen molar-refractivity contribution in [2.45, 2.75) is 12.0 Å². The fraction of sp³-hybridized carbons (Fsp3) is 0.222. The van der Waals surface area contributed by atoms with Crippen LogP contribution in [0.25, 0.3) is 0 Å². The summed E-state index contributed by atoms with van der Waals surface area (Å²) in [5.74, 6) is -1.59. The number of aliphatic imine (C=N–C) groups is 1. The zero-order valence-corrected chi connectivity index (χ0v) is 8.45. The van der Waals surface area contributed by atoms with E-state index in [1.165, 1.54) is 12.1 Å². The molecule has 0 saturated carbocycles. The summed E-state index contributed by atoms with van der Waals surface area (Å²) in [6, 6.07) is 4.23. The lowest BCUT2D eigenvalue weighted by Gasteiger charge is -2.20. The zero-order chi connectivity index (χ0) is 12.7. The van der Waals surface area contributed by atoms with Crippen LogP contribution < -0.4 is 16.9 Å². The second-order valence-electron chi connectivity index (χ2n) is 3.50. The lowest BCUT2D eigenvalue weighted by Crippen LogP contribution is -2.45. The third-order valence-electron chi connectivity index (χ3n) is 2.23. The molecule has 0 radical (unpaired) electrons. The van der Waals surface area contributed by atoms with Gasteiger partial charge in [-0.2, -0.15) is 18.2 Å². The molecule has 0 bridgehead atoms. The molecule has 1 atom stereocenters. The summed E-state index contributed by atoms with van der Waals surface area (Å²) in [6.45, 7) is 0. The minimum absolute atomic E-state index is 0.104. The average molecular weight is 246 g/mol. The summed E-state index contributed by atoms with van der Waals surface area (Å²) in [7, 11) is 0. The van der Waals surface area contributed by atoms with Crippen molar-refractivity contribution in [1.29, 1.82) is 0 Å². The average Bonchev–Trinajstić information content (AvgIpc) is 2.59. The van der Waals surface area contributed by atoms with Gasteiger partial charge in [-0.15, -0.1) is 5.48 Å². The van der Waals surface area contributed by atoms with Gasteiger partial charge >= 0.3 is 12.2 Å². The van der Waals surface area contributed by atoms with Crippen LogP contribution in [0.5, 0.6) is 0 Å². The molecule has 1 aliphatic heterocycles. The highest BCUT2D eigenvalue weighted by molar-refractivity contribution is 5.73. The Morgan fingerprint density at radius 3 is 2.59 bits per heavy atom. The van der Waals surface area contributed by atoms with Gasteiger partial charge in [-0.25, -0.2) is 0 Å². The maximum Gasteiger partial charge on any atom is 0.416 e. The Kier molecular flexibility index (Phi) is 2.48. The molecule has 5 N–H and O–H groups in total. The van der Waals surface area contributed by atoms with Crippen LogP contribution in [-0.4, -0.2) is 6.02 Å². The largest absolute Gasteiger partial charge is 0.416 e. The van der Waals surface area contributed by atoms with Crippen molar-refractivity contribution in [2.75, 3.05) is 0 Å². The number of hydrogen-bond acceptors (Lipinski definition) is 5. The molecule has 5 nitrogen and oxygen atoms in total. The molecule has 0 fully saturated rings. The van der Waals surface area contributed by atoms with E-state index in [1.807, 2.05) is 0 Å². The SMILES string of the molecule is NC1=NC(N)(c2cccc(C(F)(F)F)c2)NO1. The van der Waals surface area contributed by atoms with E-state index in [-0.39, 0.29) is 11.6 Å². The molecule has 17 heavy (non-hydrogen) atoms. The van der Waals surface area contributed by atoms with Gasteiger partial charge in [-0.1, -0.05) is 12.1 Å². The number of amidine groups is 1. The molecule has 0 aromatic heterocycles. The Morgan fingerprint density at radius 2 is 2.06 bits per heavy atom. The topological polar surface area (TPSA) is 85.7 Å². The van der Waals surface area contributed by atoms with Gasteiger partial charge in [-0.3, -0.25) is 5.73 Å². The molecule has 0 saturated heterocycles. The number of nitrogens with zero attached hydrogens (tertiary/aromatic N) is 1. The fourth-order valence-corrected chi connectivity index (χ4v) is 1.41. The summed E-state index contributed by atoms with van der Waals surface area (Å²) in [5, 5.41) is 0. The second kappa shape index (κ2) is 3.60. The molecule has 0 amide bonds. The molecular formula is C9H9F3N4O. The molecule has 0 spiro atoms. The summed E-state index contributed by atoms with van der Waals surface area (Å²) < 4.78 is 37.5. The first-order chi connectivity index (χ1) is 7.81. The van der Waals surface area contributed by atoms with Gasteiger partial charge in [0.2, 0.25) is 5.79 Å². The van der Waals surface area contributed by atoms with Gasteiger partial charge in [0.1, 0.15) is 0 Å². The first-order valence-electron chi connectivity index (χ1n) is 4.57. The lowest BCUT2D eigenvalue weighted by molar-refractivity contribution is -0.137. The number of rotatable bonds is 1. The highest BCUT2D eigenvalue weighted by Crippen LogP contribution is 2.31. The number of nitrogens with one attached hydrogen (secondary N) is 1. The van der Waals surface area contributed by atoms with Crippen molar-refractivity contribution in [1.82, 2.24) is 5.48 Å². The van der Waals surface area contributed by atoms with Crippen molar-refractivity contribution in [3.05, 3.63) is 35.4 Å². The van der Waals surface area contributed by atoms with Gasteiger partial charge in [0, 0.05) is 5.56 Å². The monoisotopic (exact) mass is 246 g/mol. The van der Waals surface area contributed by atoms with Crippen LogP contribution in [0, 0.1) is 0 Å². The highest BCUT2D eigenvalue weighted by atomic mass is 19.4. The number of hydroxylamine groups is 1. The molecule has 1 heterocycles. The van der Waals surface area contributed by atoms with E-state index in [9.17, 15) is 13.2 Å². The van der Waals surface area contributed by atoms with E-state index >= 15 is 0 Å². The minimum atomic E-state index is -4.44. The van der Waals surface area contributed by atoms with E-state index in [4.69, 9.17) is 11.5 Å². The summed E-state index contributed by atoms with van der Waals surface area (Å²) in [5.41, 5.74) is 12.5. The maximum atomic E-state index is 12.5. The van der Waals surface area contributed by atoms with Crippen LogP contribution in [0.4, 0.5) is 13.2 Å². The number of halogens is 3. The zero-order valence-electron chi connectivity index (χ0n) is 8.45. The van der Waals surface area contributed by atoms with Crippen LogP contribution in [-0.2, 0) is 16.8 Å². The molecule has 1 unspecified atom stereocenters. The van der Waals surface area contributed by atoms with Gasteiger partial charge in [0.05, 0.1) is 5.56 Å². The summed E-state index contributed by atoms with van der Waals surface area (Å²) in [4.78, 5) is 8.31. The van der Waals surface area contributed by atoms with Gasteiger partial charge in [0.15, 0.2) is 0 Å². The molecular weight excluding hydrogens is 237 g/mol. The van der Waals surface area contributed by atoms with E-state index in [0.29, 0.717) is 0 Å². The number of hydrogen-bond donors (Lipinski definition) is 3. The van der Waals surface area contributed by atoms with E-state index in [1.54, 1.807) is 0 Å². The molecule has 1 aromatic carbocycles. The Hall–Kier alpha value is -1.80. The standard InChI is InChI=1S/C9H9F3N4O/c10-8(11,12)5-2-1-3-6(4-5)9(14)15-7(13)17-16-9/h1-4,16H,14H2,(H2,13,15). The molecule has 2 rings (SSSR count). The molecule has 1 aliphatic rings. The molecule has 8 heteroatoms. The Labute approximate surface area is 94.2 Å². The third-order valence-corrected chi connectivity index (χ3v) is 2.23. The normalized spacial score (nSPS) is 24.4. The predicted octanol–water partition coefficient (Wildman–Crippen LogP) is 0.624. The second-order valence-corrected chi connectivity index (χ2v) is 3.50. The number of benzene rings is 1. The Bertz CT molecular complexity index is 474. The predicted molar refractivity (Wildman–Crippen MR) is 53.2 cm³/mol. The van der Waals surface area contributed by atoms with Crippen molar-refractivity contribution < 1.29 is 18.0 Å². The fourth-order valence-electron chi connectivity index (χ4n) is 1.41. The van der Waals surface area contributed by atoms with Gasteiger partial charge in [0.25, 0.3) is 0 Å². The van der Waals surface area contributed by atoms with Gasteiger partial charge < -0.3 is 10.6 Å². The first-order valence-corrected chi connectivity index (χ1v) is 4.57. The van der Waals surface area contributed by atoms with E-state index in [0.717, 1.165) is 12.1 Å². The quantitative estimate of drug-likeness (QED) is 0.678. The summed E-state index contributed by atoms with van der Waals surface area (Å²) in [6.07, 6.45) is -4.44. The highest BCUT2D eigenvalue weighted by Gasteiger charge is 2.36. The molecule has 1 aromatic rings. The van der Waals surface area contributed by atoms with E-state index in [2.05, 4.69) is 15.3 Å². The first kappa shape index (κ1) is 11.7. The number of alkyl halides is 3. The van der Waals surface area contributed by atoms with Crippen LogP contribution in [0.15, 0.2) is 29.3 Å².